The van der Waals surface area contributed by atoms with Crippen LogP contribution in [0.25, 0.3) is 82.1 Å². The van der Waals surface area contributed by atoms with Crippen molar-refractivity contribution in [1.29, 1.82) is 5.26 Å². The second-order valence-corrected chi connectivity index (χ2v) is 14.8. The fourth-order valence-electron chi connectivity index (χ4n) is 9.04. The van der Waals surface area contributed by atoms with E-state index in [9.17, 15) is 5.26 Å². The number of hydrogen-bond acceptors (Lipinski definition) is 2. The highest BCUT2D eigenvalue weighted by Gasteiger charge is 2.23. The van der Waals surface area contributed by atoms with Gasteiger partial charge in [-0.3, -0.25) is 0 Å². The van der Waals surface area contributed by atoms with Gasteiger partial charge in [0.15, 0.2) is 0 Å². The van der Waals surface area contributed by atoms with Crippen LogP contribution in [0.3, 0.4) is 0 Å². The van der Waals surface area contributed by atoms with Crippen LogP contribution in [0.15, 0.2) is 212 Å². The molecule has 0 radical (unpaired) electrons. The molecule has 11 rings (SSSR count). The van der Waals surface area contributed by atoms with Crippen LogP contribution in [0.2, 0.25) is 0 Å². The fourth-order valence-corrected chi connectivity index (χ4v) is 9.04. The Labute approximate surface area is 336 Å². The summed E-state index contributed by atoms with van der Waals surface area (Å²) < 4.78 is 2.36. The number of aromatic nitrogens is 1. The highest BCUT2D eigenvalue weighted by Crippen LogP contribution is 2.49. The van der Waals surface area contributed by atoms with Crippen molar-refractivity contribution >= 4 is 71.2 Å². The van der Waals surface area contributed by atoms with E-state index in [-0.39, 0.29) is 0 Å². The summed E-state index contributed by atoms with van der Waals surface area (Å²) in [6.07, 6.45) is 0. The maximum atomic E-state index is 10.1. The summed E-state index contributed by atoms with van der Waals surface area (Å²) >= 11 is 0. The van der Waals surface area contributed by atoms with Crippen LogP contribution in [0.4, 0.5) is 17.1 Å². The van der Waals surface area contributed by atoms with Gasteiger partial charge in [-0.25, -0.2) is 0 Å². The molecule has 0 saturated heterocycles. The molecule has 0 aliphatic carbocycles. The topological polar surface area (TPSA) is 32.0 Å². The van der Waals surface area contributed by atoms with Crippen molar-refractivity contribution in [3.63, 3.8) is 0 Å². The molecule has 0 saturated carbocycles. The van der Waals surface area contributed by atoms with E-state index in [1.165, 1.54) is 38.2 Å². The predicted octanol–water partition coefficient (Wildman–Crippen LogP) is 14.9. The van der Waals surface area contributed by atoms with Gasteiger partial charge in [0.05, 0.1) is 28.4 Å². The second kappa shape index (κ2) is 13.7. The molecular formula is C55H35N3. The molecule has 1 heterocycles. The Balaban J connectivity index is 1.15. The van der Waals surface area contributed by atoms with Crippen molar-refractivity contribution in [2.75, 3.05) is 4.90 Å². The predicted molar refractivity (Wildman–Crippen MR) is 244 cm³/mol. The number of fused-ring (bicyclic) bond motifs is 6. The lowest BCUT2D eigenvalue weighted by atomic mass is 9.89. The largest absolute Gasteiger partial charge is 0.309 e. The molecule has 3 nitrogen and oxygen atoms in total. The van der Waals surface area contributed by atoms with E-state index in [2.05, 4.69) is 210 Å². The molecular weight excluding hydrogens is 703 g/mol. The summed E-state index contributed by atoms with van der Waals surface area (Å²) in [4.78, 5) is 2.34. The number of hydrogen-bond donors (Lipinski definition) is 0. The Morgan fingerprint density at radius 2 is 0.897 bits per heavy atom. The van der Waals surface area contributed by atoms with Crippen LogP contribution in [0.1, 0.15) is 5.56 Å². The maximum absolute atomic E-state index is 10.1. The summed E-state index contributed by atoms with van der Waals surface area (Å²) in [7, 11) is 0. The first kappa shape index (κ1) is 33.4. The highest BCUT2D eigenvalue weighted by molar-refractivity contribution is 6.22. The Morgan fingerprint density at radius 3 is 1.55 bits per heavy atom. The Kier molecular flexibility index (Phi) is 7.88. The Morgan fingerprint density at radius 1 is 0.397 bits per heavy atom. The first-order valence-electron chi connectivity index (χ1n) is 19.7. The van der Waals surface area contributed by atoms with Gasteiger partial charge in [0.2, 0.25) is 0 Å². The quantitative estimate of drug-likeness (QED) is 0.159. The van der Waals surface area contributed by atoms with Crippen LogP contribution in [-0.2, 0) is 0 Å². The zero-order valence-corrected chi connectivity index (χ0v) is 31.5. The van der Waals surface area contributed by atoms with Crippen LogP contribution in [0, 0.1) is 11.3 Å². The van der Waals surface area contributed by atoms with Gasteiger partial charge in [-0.05, 0) is 92.3 Å². The van der Waals surface area contributed by atoms with Gasteiger partial charge >= 0.3 is 0 Å². The standard InChI is InChI=1S/C55H35N3/c56-36-37-14-11-17-41(34-37)57(42-18-13-19-43(35-42)58-52-28-9-7-21-46(52)47-22-8-10-29-53(47)58)55-50-25-5-3-23-48(50)54(49-24-4-6-26-51(49)55)40-32-30-39(31-33-40)45-27-12-16-38-15-1-2-20-44(38)45/h1-35H. The SMILES string of the molecule is N#Cc1cccc(N(c2cccc(-n3c4ccccc4c4ccccc43)c2)c2c3ccccc3c(-c3ccc(-c4cccc5ccccc45)cc3)c3ccccc23)c1. The number of para-hydroxylation sites is 2. The van der Waals surface area contributed by atoms with Crippen LogP contribution in [0.5, 0.6) is 0 Å². The first-order chi connectivity index (χ1) is 28.7. The summed E-state index contributed by atoms with van der Waals surface area (Å²) in [5.41, 5.74) is 11.8. The Bertz CT molecular complexity index is 3310. The number of rotatable bonds is 6. The zero-order chi connectivity index (χ0) is 38.6. The zero-order valence-electron chi connectivity index (χ0n) is 31.5. The summed E-state index contributed by atoms with van der Waals surface area (Å²) in [5, 5.41) is 19.6. The molecule has 11 aromatic rings. The molecule has 0 unspecified atom stereocenters. The van der Waals surface area contributed by atoms with Crippen molar-refractivity contribution in [2.24, 2.45) is 0 Å². The minimum Gasteiger partial charge on any atom is -0.309 e. The van der Waals surface area contributed by atoms with Crippen LogP contribution in [-0.4, -0.2) is 4.57 Å². The van der Waals surface area contributed by atoms with E-state index in [1.54, 1.807) is 0 Å². The summed E-state index contributed by atoms with van der Waals surface area (Å²) in [5.74, 6) is 0. The average Bonchev–Trinajstić information content (AvgIpc) is 3.63. The van der Waals surface area contributed by atoms with Gasteiger partial charge in [0.25, 0.3) is 0 Å². The van der Waals surface area contributed by atoms with Crippen molar-refractivity contribution in [1.82, 2.24) is 4.57 Å². The Hall–Kier alpha value is -7.93. The molecule has 3 heteroatoms. The van der Waals surface area contributed by atoms with E-state index >= 15 is 0 Å². The highest BCUT2D eigenvalue weighted by atomic mass is 15.1. The van der Waals surface area contributed by atoms with E-state index in [1.807, 2.05) is 18.2 Å². The lowest BCUT2D eigenvalue weighted by molar-refractivity contribution is 1.17. The third kappa shape index (κ3) is 5.35. The molecule has 0 atom stereocenters. The molecule has 58 heavy (non-hydrogen) atoms. The van der Waals surface area contributed by atoms with Gasteiger partial charge in [0.1, 0.15) is 0 Å². The molecule has 0 aliphatic heterocycles. The lowest BCUT2D eigenvalue weighted by Gasteiger charge is -2.30. The second-order valence-electron chi connectivity index (χ2n) is 14.8. The molecule has 10 aromatic carbocycles. The van der Waals surface area contributed by atoms with Gasteiger partial charge in [0, 0.05) is 38.6 Å². The molecule has 0 spiro atoms. The van der Waals surface area contributed by atoms with Gasteiger partial charge in [-0.2, -0.15) is 5.26 Å². The molecule has 1 aromatic heterocycles. The number of anilines is 3. The number of nitrogens with zero attached hydrogens (tertiary/aromatic N) is 3. The van der Waals surface area contributed by atoms with Gasteiger partial charge in [-0.15, -0.1) is 0 Å². The van der Waals surface area contributed by atoms with Crippen molar-refractivity contribution in [2.45, 2.75) is 0 Å². The summed E-state index contributed by atoms with van der Waals surface area (Å²) in [6.45, 7) is 0. The molecule has 270 valence electrons. The number of nitriles is 1. The summed E-state index contributed by atoms with van der Waals surface area (Å²) in [6, 6.07) is 78.1. The van der Waals surface area contributed by atoms with Crippen LogP contribution >= 0.6 is 0 Å². The fraction of sp³-hybridized carbons (Fsp3) is 0. The maximum Gasteiger partial charge on any atom is 0.0992 e. The molecule has 0 aliphatic rings. The van der Waals surface area contributed by atoms with Gasteiger partial charge < -0.3 is 9.47 Å². The molecule has 0 amide bonds. The van der Waals surface area contributed by atoms with E-state index in [0.717, 1.165) is 60.9 Å². The minimum absolute atomic E-state index is 0.609. The number of benzene rings is 10. The van der Waals surface area contributed by atoms with Crippen molar-refractivity contribution in [3.8, 4) is 34.0 Å². The first-order valence-corrected chi connectivity index (χ1v) is 19.7. The smallest absolute Gasteiger partial charge is 0.0992 e. The molecule has 0 fully saturated rings. The average molecular weight is 738 g/mol. The van der Waals surface area contributed by atoms with Crippen molar-refractivity contribution < 1.29 is 0 Å². The third-order valence-corrected chi connectivity index (χ3v) is 11.6. The molecule has 0 bridgehead atoms. The lowest BCUT2D eigenvalue weighted by Crippen LogP contribution is -2.12. The van der Waals surface area contributed by atoms with Crippen LogP contribution < -0.4 is 4.90 Å². The normalized spacial score (nSPS) is 11.4. The third-order valence-electron chi connectivity index (χ3n) is 11.6. The van der Waals surface area contributed by atoms with E-state index in [0.29, 0.717) is 5.56 Å². The monoisotopic (exact) mass is 737 g/mol. The van der Waals surface area contributed by atoms with Gasteiger partial charge in [-0.1, -0.05) is 164 Å². The molecule has 0 N–H and O–H groups in total. The van der Waals surface area contributed by atoms with E-state index in [4.69, 9.17) is 0 Å². The van der Waals surface area contributed by atoms with E-state index < -0.39 is 0 Å². The minimum atomic E-state index is 0.609. The van der Waals surface area contributed by atoms with Crippen molar-refractivity contribution in [3.05, 3.63) is 218 Å².